The lowest BCUT2D eigenvalue weighted by Crippen LogP contribution is -2.14. The van der Waals surface area contributed by atoms with Crippen molar-refractivity contribution in [2.75, 3.05) is 13.6 Å². The van der Waals surface area contributed by atoms with E-state index in [9.17, 15) is 10.1 Å². The molecule has 0 aromatic carbocycles. The van der Waals surface area contributed by atoms with E-state index in [1.54, 1.807) is 0 Å². The molecule has 6 heteroatoms. The van der Waals surface area contributed by atoms with Crippen LogP contribution < -0.4 is 5.32 Å². The highest BCUT2D eigenvalue weighted by Crippen LogP contribution is 2.06. The van der Waals surface area contributed by atoms with Gasteiger partial charge in [-0.2, -0.15) is 5.10 Å². The van der Waals surface area contributed by atoms with Gasteiger partial charge in [-0.05, 0) is 7.05 Å². The summed E-state index contributed by atoms with van der Waals surface area (Å²) in [6.07, 6.45) is 2.66. The van der Waals surface area contributed by atoms with Crippen LogP contribution in [0.4, 0.5) is 5.69 Å². The average molecular weight is 170 g/mol. The van der Waals surface area contributed by atoms with E-state index in [2.05, 4.69) is 10.4 Å². The number of nitrogens with zero attached hydrogens (tertiary/aromatic N) is 3. The lowest BCUT2D eigenvalue weighted by atomic mass is 10.6. The summed E-state index contributed by atoms with van der Waals surface area (Å²) in [4.78, 5) is 9.77. The van der Waals surface area contributed by atoms with Crippen molar-refractivity contribution in [1.82, 2.24) is 15.1 Å². The first-order chi connectivity index (χ1) is 5.74. The van der Waals surface area contributed by atoms with E-state index in [1.807, 2.05) is 7.05 Å². The number of hydrogen-bond donors (Lipinski definition) is 1. The van der Waals surface area contributed by atoms with Gasteiger partial charge in [-0.15, -0.1) is 0 Å². The van der Waals surface area contributed by atoms with Gasteiger partial charge in [0.25, 0.3) is 0 Å². The van der Waals surface area contributed by atoms with E-state index in [0.717, 1.165) is 6.54 Å². The van der Waals surface area contributed by atoms with E-state index in [0.29, 0.717) is 6.54 Å². The molecular weight excluding hydrogens is 160 g/mol. The predicted molar refractivity (Wildman–Crippen MR) is 42.8 cm³/mol. The summed E-state index contributed by atoms with van der Waals surface area (Å²) < 4.78 is 1.54. The van der Waals surface area contributed by atoms with Crippen LogP contribution >= 0.6 is 0 Å². The van der Waals surface area contributed by atoms with Crippen molar-refractivity contribution in [3.8, 4) is 0 Å². The molecule has 1 aromatic rings. The van der Waals surface area contributed by atoms with Crippen LogP contribution in [-0.4, -0.2) is 28.3 Å². The maximum Gasteiger partial charge on any atom is 0.306 e. The summed E-state index contributed by atoms with van der Waals surface area (Å²) in [5.74, 6) is 0. The standard InChI is InChI=1S/C6H10N4O2/c1-7-2-3-9-5-6(4-8-9)10(11)12/h4-5,7H,2-3H2,1H3. The van der Waals surface area contributed by atoms with Gasteiger partial charge in [0.15, 0.2) is 0 Å². The molecule has 6 nitrogen and oxygen atoms in total. The lowest BCUT2D eigenvalue weighted by Gasteiger charge is -1.97. The molecule has 0 fully saturated rings. The number of nitro groups is 1. The van der Waals surface area contributed by atoms with Crippen LogP contribution in [0.25, 0.3) is 0 Å². The minimum absolute atomic E-state index is 0.0334. The fourth-order valence-corrected chi connectivity index (χ4v) is 0.796. The normalized spacial score (nSPS) is 10.1. The Bertz CT molecular complexity index is 270. The molecule has 0 aliphatic heterocycles. The van der Waals surface area contributed by atoms with Gasteiger partial charge >= 0.3 is 5.69 Å². The van der Waals surface area contributed by atoms with E-state index in [1.165, 1.54) is 17.1 Å². The van der Waals surface area contributed by atoms with Gasteiger partial charge in [0.1, 0.15) is 12.4 Å². The van der Waals surface area contributed by atoms with Crippen LogP contribution in [0.15, 0.2) is 12.4 Å². The molecule has 0 unspecified atom stereocenters. The highest BCUT2D eigenvalue weighted by Gasteiger charge is 2.07. The van der Waals surface area contributed by atoms with Crippen molar-refractivity contribution in [3.05, 3.63) is 22.5 Å². The molecule has 0 atom stereocenters. The monoisotopic (exact) mass is 170 g/mol. The van der Waals surface area contributed by atoms with Crippen LogP contribution in [-0.2, 0) is 6.54 Å². The van der Waals surface area contributed by atoms with E-state index in [4.69, 9.17) is 0 Å². The lowest BCUT2D eigenvalue weighted by molar-refractivity contribution is -0.385. The zero-order valence-electron chi connectivity index (χ0n) is 6.73. The largest absolute Gasteiger partial charge is 0.318 e. The first kappa shape index (κ1) is 8.66. The van der Waals surface area contributed by atoms with Crippen molar-refractivity contribution in [2.45, 2.75) is 6.54 Å². The quantitative estimate of drug-likeness (QED) is 0.510. The molecule has 0 amide bonds. The highest BCUT2D eigenvalue weighted by molar-refractivity contribution is 5.20. The van der Waals surface area contributed by atoms with E-state index < -0.39 is 4.92 Å². The molecule has 1 rings (SSSR count). The molecule has 66 valence electrons. The summed E-state index contributed by atoms with van der Waals surface area (Å²) >= 11 is 0. The van der Waals surface area contributed by atoms with Crippen molar-refractivity contribution in [3.63, 3.8) is 0 Å². The van der Waals surface area contributed by atoms with Gasteiger partial charge in [-0.3, -0.25) is 14.8 Å². The van der Waals surface area contributed by atoms with Gasteiger partial charge < -0.3 is 5.32 Å². The molecule has 0 aliphatic rings. The Morgan fingerprint density at radius 1 is 1.83 bits per heavy atom. The Morgan fingerprint density at radius 3 is 3.08 bits per heavy atom. The summed E-state index contributed by atoms with van der Waals surface area (Å²) in [5.41, 5.74) is 0.0334. The molecule has 0 bridgehead atoms. The van der Waals surface area contributed by atoms with Crippen molar-refractivity contribution in [2.24, 2.45) is 0 Å². The van der Waals surface area contributed by atoms with Gasteiger partial charge in [-0.1, -0.05) is 0 Å². The predicted octanol–water partition coefficient (Wildman–Crippen LogP) is 0.0107. The van der Waals surface area contributed by atoms with Crippen LogP contribution in [0.3, 0.4) is 0 Å². The Morgan fingerprint density at radius 2 is 2.58 bits per heavy atom. The molecular formula is C6H10N4O2. The Labute approximate surface area is 69.3 Å². The van der Waals surface area contributed by atoms with Crippen LogP contribution in [0.2, 0.25) is 0 Å². The van der Waals surface area contributed by atoms with Crippen molar-refractivity contribution < 1.29 is 4.92 Å². The summed E-state index contributed by atoms with van der Waals surface area (Å²) in [7, 11) is 1.82. The second kappa shape index (κ2) is 3.82. The fraction of sp³-hybridized carbons (Fsp3) is 0.500. The SMILES string of the molecule is CNCCn1cc([N+](=O)[O-])cn1. The summed E-state index contributed by atoms with van der Waals surface area (Å²) in [5, 5.41) is 17.0. The number of nitrogens with one attached hydrogen (secondary N) is 1. The van der Waals surface area contributed by atoms with E-state index in [-0.39, 0.29) is 5.69 Å². The molecule has 1 heterocycles. The number of hydrogen-bond acceptors (Lipinski definition) is 4. The molecule has 0 aliphatic carbocycles. The third-order valence-electron chi connectivity index (χ3n) is 1.42. The van der Waals surface area contributed by atoms with Crippen LogP contribution in [0, 0.1) is 10.1 Å². The molecule has 0 spiro atoms. The molecule has 12 heavy (non-hydrogen) atoms. The average Bonchev–Trinajstić information content (AvgIpc) is 2.48. The Kier molecular flexibility index (Phi) is 2.76. The number of rotatable bonds is 4. The topological polar surface area (TPSA) is 73.0 Å². The molecule has 0 radical (unpaired) electrons. The maximum absolute atomic E-state index is 10.2. The third kappa shape index (κ3) is 2.03. The highest BCUT2D eigenvalue weighted by atomic mass is 16.6. The minimum Gasteiger partial charge on any atom is -0.318 e. The van der Waals surface area contributed by atoms with Crippen LogP contribution in [0.5, 0.6) is 0 Å². The van der Waals surface area contributed by atoms with Crippen molar-refractivity contribution >= 4 is 5.69 Å². The first-order valence-corrected chi connectivity index (χ1v) is 3.55. The van der Waals surface area contributed by atoms with Gasteiger partial charge in [0, 0.05) is 6.54 Å². The van der Waals surface area contributed by atoms with E-state index >= 15 is 0 Å². The molecule has 1 N–H and O–H groups in total. The second-order valence-corrected chi connectivity index (χ2v) is 2.32. The number of aromatic nitrogens is 2. The smallest absolute Gasteiger partial charge is 0.306 e. The fourth-order valence-electron chi connectivity index (χ4n) is 0.796. The third-order valence-corrected chi connectivity index (χ3v) is 1.42. The summed E-state index contributed by atoms with van der Waals surface area (Å²) in [6.45, 7) is 1.39. The van der Waals surface area contributed by atoms with Crippen LogP contribution in [0.1, 0.15) is 0 Å². The zero-order valence-corrected chi connectivity index (χ0v) is 6.73. The molecule has 1 aromatic heterocycles. The Hall–Kier alpha value is -1.43. The van der Waals surface area contributed by atoms with Gasteiger partial charge in [0.05, 0.1) is 11.5 Å². The number of likely N-dealkylation sites (N-methyl/N-ethyl adjacent to an activating group) is 1. The maximum atomic E-state index is 10.2. The van der Waals surface area contributed by atoms with Gasteiger partial charge in [0.2, 0.25) is 0 Å². The minimum atomic E-state index is -0.455. The zero-order chi connectivity index (χ0) is 8.97. The molecule has 0 saturated carbocycles. The summed E-state index contributed by atoms with van der Waals surface area (Å²) in [6, 6.07) is 0. The Balaban J connectivity index is 2.58. The van der Waals surface area contributed by atoms with Crippen molar-refractivity contribution in [1.29, 1.82) is 0 Å². The first-order valence-electron chi connectivity index (χ1n) is 3.55. The molecule has 0 saturated heterocycles. The second-order valence-electron chi connectivity index (χ2n) is 2.32. The van der Waals surface area contributed by atoms with Gasteiger partial charge in [-0.25, -0.2) is 0 Å².